The number of hydrogen-bond donors (Lipinski definition) is 1. The topological polar surface area (TPSA) is 103 Å². The van der Waals surface area contributed by atoms with Gasteiger partial charge in [-0.15, -0.1) is 10.2 Å². The highest BCUT2D eigenvalue weighted by Gasteiger charge is 2.15. The maximum Gasteiger partial charge on any atom is 0.274 e. The number of aryl methyl sites for hydroxylation is 1. The van der Waals surface area contributed by atoms with Crippen molar-refractivity contribution in [2.24, 2.45) is 7.05 Å². The van der Waals surface area contributed by atoms with Crippen molar-refractivity contribution in [3.05, 3.63) is 62.6 Å². The molecule has 1 aromatic heterocycles. The Balaban J connectivity index is 1.65. The first kappa shape index (κ1) is 20.0. The summed E-state index contributed by atoms with van der Waals surface area (Å²) in [5.74, 6) is 0.523. The second-order valence-electron chi connectivity index (χ2n) is 5.97. The Bertz CT molecular complexity index is 1040. The molecule has 0 aliphatic rings. The molecule has 0 spiro atoms. The number of carbonyl (C=O) groups excluding carboxylic acids is 1. The van der Waals surface area contributed by atoms with Gasteiger partial charge in [0.25, 0.3) is 5.69 Å². The molecule has 0 radical (unpaired) electrons. The van der Waals surface area contributed by atoms with Crippen molar-refractivity contribution in [1.82, 2.24) is 14.8 Å². The number of nitrogens with one attached hydrogen (secondary N) is 1. The van der Waals surface area contributed by atoms with Crippen LogP contribution in [0.2, 0.25) is 0 Å². The fourth-order valence-corrected chi connectivity index (χ4v) is 3.48. The lowest BCUT2D eigenvalue weighted by atomic mass is 10.2. The van der Waals surface area contributed by atoms with Crippen LogP contribution in [-0.4, -0.2) is 31.3 Å². The van der Waals surface area contributed by atoms with Crippen molar-refractivity contribution in [3.63, 3.8) is 0 Å². The summed E-state index contributed by atoms with van der Waals surface area (Å²) in [4.78, 5) is 22.8. The SMILES string of the molecule is Cc1ccc(NC(=O)CSc2nnc(-c3ccc(Br)cc3)n2C)cc1[N+](=O)[O-]. The van der Waals surface area contributed by atoms with E-state index in [0.717, 1.165) is 10.0 Å². The van der Waals surface area contributed by atoms with E-state index in [1.165, 1.54) is 17.8 Å². The van der Waals surface area contributed by atoms with Crippen LogP contribution in [0.4, 0.5) is 11.4 Å². The average molecular weight is 462 g/mol. The van der Waals surface area contributed by atoms with Crippen LogP contribution in [0.15, 0.2) is 52.1 Å². The number of rotatable bonds is 6. The molecule has 144 valence electrons. The van der Waals surface area contributed by atoms with Crippen LogP contribution in [0.5, 0.6) is 0 Å². The highest BCUT2D eigenvalue weighted by molar-refractivity contribution is 9.10. The fourth-order valence-electron chi connectivity index (χ4n) is 2.50. The number of aromatic nitrogens is 3. The number of hydrogen-bond acceptors (Lipinski definition) is 6. The Morgan fingerprint density at radius 1 is 1.25 bits per heavy atom. The Labute approximate surface area is 173 Å². The normalized spacial score (nSPS) is 10.7. The first-order chi connectivity index (χ1) is 13.3. The molecule has 0 aliphatic carbocycles. The number of nitro benzene ring substituents is 1. The fraction of sp³-hybridized carbons (Fsp3) is 0.167. The van der Waals surface area contributed by atoms with Crippen LogP contribution in [0.3, 0.4) is 0 Å². The molecular weight excluding hydrogens is 446 g/mol. The van der Waals surface area contributed by atoms with Gasteiger partial charge < -0.3 is 9.88 Å². The highest BCUT2D eigenvalue weighted by atomic mass is 79.9. The van der Waals surface area contributed by atoms with Gasteiger partial charge >= 0.3 is 0 Å². The maximum absolute atomic E-state index is 12.2. The predicted molar refractivity (Wildman–Crippen MR) is 111 cm³/mol. The lowest BCUT2D eigenvalue weighted by Gasteiger charge is -2.06. The molecule has 28 heavy (non-hydrogen) atoms. The summed E-state index contributed by atoms with van der Waals surface area (Å²) in [6.07, 6.45) is 0. The van der Waals surface area contributed by atoms with Gasteiger partial charge in [0.1, 0.15) is 0 Å². The van der Waals surface area contributed by atoms with Crippen LogP contribution in [0, 0.1) is 17.0 Å². The third-order valence-corrected chi connectivity index (χ3v) is 5.51. The molecule has 1 heterocycles. The van der Waals surface area contributed by atoms with E-state index in [-0.39, 0.29) is 17.3 Å². The predicted octanol–water partition coefficient (Wildman–Crippen LogP) is 4.19. The monoisotopic (exact) mass is 461 g/mol. The number of benzene rings is 2. The van der Waals surface area contributed by atoms with Crippen LogP contribution in [0.25, 0.3) is 11.4 Å². The first-order valence-corrected chi connectivity index (χ1v) is 9.96. The largest absolute Gasteiger partial charge is 0.325 e. The van der Waals surface area contributed by atoms with Gasteiger partial charge in [0.2, 0.25) is 5.91 Å². The minimum Gasteiger partial charge on any atom is -0.325 e. The number of nitrogens with zero attached hydrogens (tertiary/aromatic N) is 4. The zero-order valence-electron chi connectivity index (χ0n) is 15.0. The zero-order chi connectivity index (χ0) is 20.3. The summed E-state index contributed by atoms with van der Waals surface area (Å²) in [5.41, 5.74) is 1.81. The molecule has 0 unspecified atom stereocenters. The molecule has 0 saturated heterocycles. The smallest absolute Gasteiger partial charge is 0.274 e. The van der Waals surface area contributed by atoms with E-state index in [9.17, 15) is 14.9 Å². The molecule has 0 atom stereocenters. The third kappa shape index (κ3) is 4.57. The van der Waals surface area contributed by atoms with E-state index in [1.54, 1.807) is 19.1 Å². The molecule has 3 aromatic rings. The second kappa shape index (κ2) is 8.53. The summed E-state index contributed by atoms with van der Waals surface area (Å²) in [7, 11) is 1.83. The van der Waals surface area contributed by atoms with Gasteiger partial charge in [-0.05, 0) is 25.1 Å². The molecule has 0 aliphatic heterocycles. The number of thioether (sulfide) groups is 1. The molecule has 0 bridgehead atoms. The molecule has 0 saturated carbocycles. The Morgan fingerprint density at radius 3 is 2.64 bits per heavy atom. The Morgan fingerprint density at radius 2 is 1.96 bits per heavy atom. The first-order valence-electron chi connectivity index (χ1n) is 8.18. The van der Waals surface area contributed by atoms with E-state index in [4.69, 9.17) is 0 Å². The average Bonchev–Trinajstić information content (AvgIpc) is 3.02. The molecule has 0 fully saturated rings. The quantitative estimate of drug-likeness (QED) is 0.335. The molecule has 3 rings (SSSR count). The van der Waals surface area contributed by atoms with Crippen molar-refractivity contribution in [2.75, 3.05) is 11.1 Å². The summed E-state index contributed by atoms with van der Waals surface area (Å²) < 4.78 is 2.79. The Kier molecular flexibility index (Phi) is 6.10. The lowest BCUT2D eigenvalue weighted by Crippen LogP contribution is -2.14. The van der Waals surface area contributed by atoms with Crippen molar-refractivity contribution in [2.45, 2.75) is 12.1 Å². The van der Waals surface area contributed by atoms with Crippen molar-refractivity contribution < 1.29 is 9.72 Å². The van der Waals surface area contributed by atoms with Gasteiger partial charge in [0, 0.05) is 34.4 Å². The summed E-state index contributed by atoms with van der Waals surface area (Å²) in [6.45, 7) is 1.65. The number of anilines is 1. The van der Waals surface area contributed by atoms with E-state index in [1.807, 2.05) is 35.9 Å². The van der Waals surface area contributed by atoms with Crippen LogP contribution < -0.4 is 5.32 Å². The van der Waals surface area contributed by atoms with Crippen LogP contribution in [-0.2, 0) is 11.8 Å². The number of amides is 1. The van der Waals surface area contributed by atoms with Crippen LogP contribution in [0.1, 0.15) is 5.56 Å². The van der Waals surface area contributed by atoms with Crippen LogP contribution >= 0.6 is 27.7 Å². The van der Waals surface area contributed by atoms with Gasteiger partial charge in [-0.25, -0.2) is 0 Å². The lowest BCUT2D eigenvalue weighted by molar-refractivity contribution is -0.385. The summed E-state index contributed by atoms with van der Waals surface area (Å²) in [6, 6.07) is 12.3. The highest BCUT2D eigenvalue weighted by Crippen LogP contribution is 2.25. The van der Waals surface area contributed by atoms with Gasteiger partial charge in [0.15, 0.2) is 11.0 Å². The standard InChI is InChI=1S/C18H16BrN5O3S/c1-11-3-8-14(9-15(11)24(26)27)20-16(25)10-28-18-22-21-17(23(18)2)12-4-6-13(19)7-5-12/h3-9H,10H2,1-2H3,(H,20,25). The maximum atomic E-state index is 12.2. The summed E-state index contributed by atoms with van der Waals surface area (Å²) >= 11 is 4.64. The van der Waals surface area contributed by atoms with E-state index in [2.05, 4.69) is 31.4 Å². The summed E-state index contributed by atoms with van der Waals surface area (Å²) in [5, 5.41) is 22.6. The van der Waals surface area contributed by atoms with Gasteiger partial charge in [-0.2, -0.15) is 0 Å². The number of nitro groups is 1. The molecule has 8 nitrogen and oxygen atoms in total. The molecule has 10 heteroatoms. The number of carbonyl (C=O) groups is 1. The van der Waals surface area contributed by atoms with E-state index >= 15 is 0 Å². The second-order valence-corrected chi connectivity index (χ2v) is 7.83. The van der Waals surface area contributed by atoms with Crippen molar-refractivity contribution >= 4 is 45.0 Å². The molecular formula is C18H16BrN5O3S. The zero-order valence-corrected chi connectivity index (χ0v) is 17.5. The van der Waals surface area contributed by atoms with Crippen molar-refractivity contribution in [3.8, 4) is 11.4 Å². The molecule has 1 N–H and O–H groups in total. The minimum absolute atomic E-state index is 0.0297. The minimum atomic E-state index is -0.469. The van der Waals surface area contributed by atoms with Gasteiger partial charge in [0.05, 0.1) is 10.7 Å². The third-order valence-electron chi connectivity index (χ3n) is 3.96. The Hall–Kier alpha value is -2.72. The molecule has 2 aromatic carbocycles. The van der Waals surface area contributed by atoms with Crippen molar-refractivity contribution in [1.29, 1.82) is 0 Å². The number of halogens is 1. The van der Waals surface area contributed by atoms with E-state index < -0.39 is 4.92 Å². The van der Waals surface area contributed by atoms with Gasteiger partial charge in [-0.1, -0.05) is 45.9 Å². The molecule has 1 amide bonds. The van der Waals surface area contributed by atoms with Gasteiger partial charge in [-0.3, -0.25) is 14.9 Å². The van der Waals surface area contributed by atoms with E-state index in [0.29, 0.717) is 22.2 Å².